The number of imidazole rings is 1. The van der Waals surface area contributed by atoms with Crippen molar-refractivity contribution < 1.29 is 9.53 Å². The van der Waals surface area contributed by atoms with Crippen molar-refractivity contribution in [2.24, 2.45) is 0 Å². The Balaban J connectivity index is 2.48. The molecule has 1 aliphatic rings. The van der Waals surface area contributed by atoms with E-state index in [0.717, 1.165) is 35.5 Å². The molecule has 0 amide bonds. The molecular weight excluding hydrogens is 284 g/mol. The van der Waals surface area contributed by atoms with Crippen LogP contribution in [0.1, 0.15) is 50.0 Å². The fourth-order valence-electron chi connectivity index (χ4n) is 2.42. The van der Waals surface area contributed by atoms with E-state index in [1.165, 1.54) is 7.11 Å². The van der Waals surface area contributed by atoms with E-state index in [2.05, 4.69) is 39.3 Å². The number of hydrogen-bond donors (Lipinski definition) is 0. The maximum absolute atomic E-state index is 11.8. The minimum Gasteiger partial charge on any atom is -0.469 e. The summed E-state index contributed by atoms with van der Waals surface area (Å²) in [6.45, 7) is 5.17. The lowest BCUT2D eigenvalue weighted by Gasteiger charge is -2.24. The number of methoxy groups -OCH3 is 1. The molecule has 1 aromatic rings. The Hall–Kier alpha value is -0.840. The van der Waals surface area contributed by atoms with Gasteiger partial charge in [-0.15, -0.1) is 0 Å². The topological polar surface area (TPSA) is 44.1 Å². The van der Waals surface area contributed by atoms with Crippen LogP contribution >= 0.6 is 15.9 Å². The van der Waals surface area contributed by atoms with Crippen LogP contribution in [0.25, 0.3) is 0 Å². The molecule has 0 aromatic carbocycles. The lowest BCUT2D eigenvalue weighted by atomic mass is 9.96. The maximum atomic E-state index is 11.8. The van der Waals surface area contributed by atoms with Crippen LogP contribution in [-0.4, -0.2) is 22.6 Å². The second kappa shape index (κ2) is 4.80. The average Bonchev–Trinajstić information content (AvgIpc) is 2.66. The fraction of sp³-hybridized carbons (Fsp3) is 0.667. The van der Waals surface area contributed by atoms with E-state index in [9.17, 15) is 4.79 Å². The van der Waals surface area contributed by atoms with Crippen LogP contribution in [0.2, 0.25) is 0 Å². The first-order valence-electron chi connectivity index (χ1n) is 5.90. The first-order valence-corrected chi connectivity index (χ1v) is 6.69. The Bertz CT molecular complexity index is 440. The van der Waals surface area contributed by atoms with Gasteiger partial charge in [0.15, 0.2) is 0 Å². The molecule has 0 spiro atoms. The lowest BCUT2D eigenvalue weighted by Crippen LogP contribution is -2.24. The standard InChI is InChI=1S/C12H17BrN2O2/c1-7(2)11-14-10(13)9-8(12(16)17-3)5-4-6-15(9)11/h7-8H,4-6H2,1-3H3. The van der Waals surface area contributed by atoms with Gasteiger partial charge in [0.25, 0.3) is 0 Å². The first kappa shape index (κ1) is 12.6. The van der Waals surface area contributed by atoms with E-state index in [4.69, 9.17) is 4.74 Å². The zero-order valence-electron chi connectivity index (χ0n) is 10.4. The van der Waals surface area contributed by atoms with Gasteiger partial charge < -0.3 is 9.30 Å². The number of rotatable bonds is 2. The molecule has 94 valence electrons. The smallest absolute Gasteiger partial charge is 0.314 e. The highest BCUT2D eigenvalue weighted by atomic mass is 79.9. The second-order valence-corrected chi connectivity index (χ2v) is 5.42. The number of aromatic nitrogens is 2. The van der Waals surface area contributed by atoms with Gasteiger partial charge in [-0.3, -0.25) is 4.79 Å². The van der Waals surface area contributed by atoms with Gasteiger partial charge >= 0.3 is 5.97 Å². The summed E-state index contributed by atoms with van der Waals surface area (Å²) in [5, 5.41) is 0. The average molecular weight is 301 g/mol. The predicted molar refractivity (Wildman–Crippen MR) is 68.0 cm³/mol. The summed E-state index contributed by atoms with van der Waals surface area (Å²) in [5.74, 6) is 1.06. The largest absolute Gasteiger partial charge is 0.469 e. The van der Waals surface area contributed by atoms with Crippen LogP contribution in [0.5, 0.6) is 0 Å². The molecule has 4 nitrogen and oxygen atoms in total. The number of nitrogens with zero attached hydrogens (tertiary/aromatic N) is 2. The summed E-state index contributed by atoms with van der Waals surface area (Å²) in [6, 6.07) is 0. The van der Waals surface area contributed by atoms with Crippen molar-refractivity contribution in [1.29, 1.82) is 0 Å². The summed E-state index contributed by atoms with van der Waals surface area (Å²) in [5.41, 5.74) is 0.979. The van der Waals surface area contributed by atoms with Crippen LogP contribution < -0.4 is 0 Å². The van der Waals surface area contributed by atoms with Gasteiger partial charge in [-0.25, -0.2) is 4.98 Å². The van der Waals surface area contributed by atoms with Crippen molar-refractivity contribution in [2.45, 2.75) is 45.1 Å². The molecule has 0 radical (unpaired) electrons. The molecule has 1 unspecified atom stereocenters. The number of esters is 1. The Morgan fingerprint density at radius 1 is 1.59 bits per heavy atom. The van der Waals surface area contributed by atoms with Gasteiger partial charge in [0.1, 0.15) is 10.4 Å². The highest BCUT2D eigenvalue weighted by Crippen LogP contribution is 2.36. The van der Waals surface area contributed by atoms with Crippen molar-refractivity contribution in [1.82, 2.24) is 9.55 Å². The van der Waals surface area contributed by atoms with Gasteiger partial charge in [0, 0.05) is 12.5 Å². The molecule has 0 aliphatic carbocycles. The van der Waals surface area contributed by atoms with Crippen molar-refractivity contribution in [3.63, 3.8) is 0 Å². The van der Waals surface area contributed by atoms with E-state index in [-0.39, 0.29) is 11.9 Å². The number of fused-ring (bicyclic) bond motifs is 1. The zero-order valence-corrected chi connectivity index (χ0v) is 12.0. The number of ether oxygens (including phenoxy) is 1. The summed E-state index contributed by atoms with van der Waals surface area (Å²) >= 11 is 3.47. The fourth-order valence-corrected chi connectivity index (χ4v) is 3.09. The second-order valence-electron chi connectivity index (χ2n) is 4.67. The molecule has 0 N–H and O–H groups in total. The van der Waals surface area contributed by atoms with Crippen molar-refractivity contribution in [2.75, 3.05) is 7.11 Å². The van der Waals surface area contributed by atoms with Crippen LogP contribution in [-0.2, 0) is 16.1 Å². The summed E-state index contributed by atoms with van der Waals surface area (Å²) in [6.07, 6.45) is 1.84. The van der Waals surface area contributed by atoms with E-state index < -0.39 is 0 Å². The maximum Gasteiger partial charge on any atom is 0.314 e. The molecule has 0 fully saturated rings. The highest BCUT2D eigenvalue weighted by molar-refractivity contribution is 9.10. The predicted octanol–water partition coefficient (Wildman–Crippen LogP) is 2.82. The van der Waals surface area contributed by atoms with Crippen molar-refractivity contribution >= 4 is 21.9 Å². The van der Waals surface area contributed by atoms with E-state index >= 15 is 0 Å². The molecule has 0 saturated heterocycles. The monoisotopic (exact) mass is 300 g/mol. The summed E-state index contributed by atoms with van der Waals surface area (Å²) in [4.78, 5) is 16.3. The molecule has 1 aliphatic heterocycles. The first-order chi connectivity index (χ1) is 8.06. The van der Waals surface area contributed by atoms with Gasteiger partial charge in [-0.2, -0.15) is 0 Å². The number of carbonyl (C=O) groups excluding carboxylic acids is 1. The van der Waals surface area contributed by atoms with E-state index in [1.807, 2.05) is 0 Å². The third kappa shape index (κ3) is 2.12. The number of hydrogen-bond acceptors (Lipinski definition) is 3. The Morgan fingerprint density at radius 3 is 2.88 bits per heavy atom. The van der Waals surface area contributed by atoms with Gasteiger partial charge in [-0.05, 0) is 28.8 Å². The SMILES string of the molecule is COC(=O)C1CCCn2c(C(C)C)nc(Br)c21. The molecule has 2 heterocycles. The number of carbonyl (C=O) groups is 1. The van der Waals surface area contributed by atoms with Crippen LogP contribution in [0.4, 0.5) is 0 Å². The summed E-state index contributed by atoms with van der Waals surface area (Å²) in [7, 11) is 1.44. The molecule has 1 aromatic heterocycles. The molecule has 5 heteroatoms. The molecule has 1 atom stereocenters. The third-order valence-electron chi connectivity index (χ3n) is 3.20. The van der Waals surface area contributed by atoms with Crippen LogP contribution in [0.15, 0.2) is 4.60 Å². The van der Waals surface area contributed by atoms with Crippen LogP contribution in [0.3, 0.4) is 0 Å². The number of halogens is 1. The normalized spacial score (nSPS) is 19.2. The zero-order chi connectivity index (χ0) is 12.6. The lowest BCUT2D eigenvalue weighted by molar-refractivity contribution is -0.143. The quantitative estimate of drug-likeness (QED) is 0.789. The van der Waals surface area contributed by atoms with Gasteiger partial charge in [0.05, 0.1) is 18.7 Å². The van der Waals surface area contributed by atoms with E-state index in [0.29, 0.717) is 5.92 Å². The molecule has 0 saturated carbocycles. The van der Waals surface area contributed by atoms with E-state index in [1.54, 1.807) is 0 Å². The van der Waals surface area contributed by atoms with Gasteiger partial charge in [-0.1, -0.05) is 13.8 Å². The molecular formula is C12H17BrN2O2. The summed E-state index contributed by atoms with van der Waals surface area (Å²) < 4.78 is 7.83. The molecule has 17 heavy (non-hydrogen) atoms. The molecule has 2 rings (SSSR count). The molecule has 0 bridgehead atoms. The Morgan fingerprint density at radius 2 is 2.29 bits per heavy atom. The third-order valence-corrected chi connectivity index (χ3v) is 3.78. The van der Waals surface area contributed by atoms with Crippen molar-refractivity contribution in [3.8, 4) is 0 Å². The Labute approximate surface area is 109 Å². The minimum absolute atomic E-state index is 0.165. The Kier molecular flexibility index (Phi) is 3.56. The highest BCUT2D eigenvalue weighted by Gasteiger charge is 2.32. The minimum atomic E-state index is -0.178. The van der Waals surface area contributed by atoms with Crippen molar-refractivity contribution in [3.05, 3.63) is 16.1 Å². The van der Waals surface area contributed by atoms with Crippen LogP contribution in [0, 0.1) is 0 Å². The van der Waals surface area contributed by atoms with Gasteiger partial charge in [0.2, 0.25) is 0 Å².